The third-order valence-corrected chi connectivity index (χ3v) is 5.72. The van der Waals surface area contributed by atoms with E-state index in [9.17, 15) is 24.6 Å². The van der Waals surface area contributed by atoms with E-state index in [4.69, 9.17) is 9.15 Å². The van der Waals surface area contributed by atoms with Crippen LogP contribution in [0.2, 0.25) is 0 Å². The number of Topliss-reactive ketones (excluding diaryl/α,β-unsaturated/α-hetero) is 2. The van der Waals surface area contributed by atoms with Crippen LogP contribution < -0.4 is 0 Å². The van der Waals surface area contributed by atoms with Crippen LogP contribution in [-0.2, 0) is 9.53 Å². The normalized spacial score (nSPS) is 19.7. The predicted molar refractivity (Wildman–Crippen MR) is 116 cm³/mol. The highest BCUT2D eigenvalue weighted by molar-refractivity contribution is 6.19. The molecule has 1 heterocycles. The molecular weight excluding hydrogens is 400 g/mol. The summed E-state index contributed by atoms with van der Waals surface area (Å²) in [6, 6.07) is 1.65. The van der Waals surface area contributed by atoms with Gasteiger partial charge in [0.25, 0.3) is 0 Å². The van der Waals surface area contributed by atoms with E-state index in [0.29, 0.717) is 23.4 Å². The van der Waals surface area contributed by atoms with Gasteiger partial charge in [0.1, 0.15) is 28.6 Å². The number of aldehydes is 1. The van der Waals surface area contributed by atoms with Gasteiger partial charge in [-0.1, -0.05) is 26.3 Å². The van der Waals surface area contributed by atoms with E-state index in [0.717, 1.165) is 12.0 Å². The number of furan rings is 1. The molecule has 1 aliphatic rings. The van der Waals surface area contributed by atoms with Crippen molar-refractivity contribution in [2.75, 3.05) is 7.11 Å². The zero-order valence-electron chi connectivity index (χ0n) is 18.2. The van der Waals surface area contributed by atoms with Crippen LogP contribution in [0.1, 0.15) is 72.6 Å². The van der Waals surface area contributed by atoms with Gasteiger partial charge in [0, 0.05) is 17.4 Å². The molecule has 31 heavy (non-hydrogen) atoms. The number of phenolic OH excluding ortho intramolecular Hbond substituents is 1. The minimum absolute atomic E-state index is 0.118. The molecule has 3 rings (SSSR count). The SMILES string of the molecule is CC[C@H](C)/C=C(\C)c1cc2c(C=O)c(O)c3c(c2o1)C=C(OC)[C@@](O)(CC(C)=O)C3=O. The average Bonchev–Trinajstić information content (AvgIpc) is 3.15. The summed E-state index contributed by atoms with van der Waals surface area (Å²) in [6.07, 6.45) is 4.27. The summed E-state index contributed by atoms with van der Waals surface area (Å²) in [4.78, 5) is 36.8. The quantitative estimate of drug-likeness (QED) is 0.635. The zero-order chi connectivity index (χ0) is 23.1. The Morgan fingerprint density at radius 2 is 2.03 bits per heavy atom. The van der Waals surface area contributed by atoms with Crippen molar-refractivity contribution in [3.05, 3.63) is 40.4 Å². The summed E-state index contributed by atoms with van der Waals surface area (Å²) in [5, 5.41) is 22.1. The molecule has 0 bridgehead atoms. The van der Waals surface area contributed by atoms with Gasteiger partial charge in [-0.15, -0.1) is 0 Å². The van der Waals surface area contributed by atoms with Crippen molar-refractivity contribution in [3.8, 4) is 5.75 Å². The lowest BCUT2D eigenvalue weighted by Crippen LogP contribution is -2.45. The number of carbonyl (C=O) groups is 3. The number of benzene rings is 1. The second-order valence-corrected chi connectivity index (χ2v) is 8.04. The van der Waals surface area contributed by atoms with Gasteiger partial charge in [0.2, 0.25) is 5.78 Å². The van der Waals surface area contributed by atoms with E-state index in [1.807, 2.05) is 13.0 Å². The van der Waals surface area contributed by atoms with Crippen LogP contribution in [0.5, 0.6) is 5.75 Å². The standard InChI is InChI=1S/C24H26O7/c1-6-12(2)7-13(3)18-8-15-17(11-25)21(27)20-16(22(15)31-18)9-19(30-5)24(29,23(20)28)10-14(4)26/h7-9,11-12,27,29H,6,10H2,1-5H3/b13-7+/t12-,24-/m0/s1. The summed E-state index contributed by atoms with van der Waals surface area (Å²) in [5.74, 6) is -1.26. The lowest BCUT2D eigenvalue weighted by molar-refractivity contribution is -0.120. The van der Waals surface area contributed by atoms with Crippen molar-refractivity contribution in [2.45, 2.75) is 46.1 Å². The van der Waals surface area contributed by atoms with Gasteiger partial charge in [0.15, 0.2) is 11.9 Å². The summed E-state index contributed by atoms with van der Waals surface area (Å²) in [6.45, 7) is 7.25. The Labute approximate surface area is 180 Å². The number of fused-ring (bicyclic) bond motifs is 3. The summed E-state index contributed by atoms with van der Waals surface area (Å²) in [7, 11) is 1.28. The molecule has 0 unspecified atom stereocenters. The predicted octanol–water partition coefficient (Wildman–Crippen LogP) is 4.29. The van der Waals surface area contributed by atoms with Crippen molar-refractivity contribution in [3.63, 3.8) is 0 Å². The topological polar surface area (TPSA) is 114 Å². The van der Waals surface area contributed by atoms with Crippen LogP contribution in [0.15, 0.2) is 22.3 Å². The first-order valence-corrected chi connectivity index (χ1v) is 10.1. The highest BCUT2D eigenvalue weighted by Gasteiger charge is 2.48. The van der Waals surface area contributed by atoms with Crippen LogP contribution >= 0.6 is 0 Å². The number of allylic oxidation sites excluding steroid dienone is 2. The molecule has 0 fully saturated rings. The fourth-order valence-corrected chi connectivity index (χ4v) is 3.93. The van der Waals surface area contributed by atoms with Crippen molar-refractivity contribution in [2.24, 2.45) is 5.92 Å². The second kappa shape index (κ2) is 8.15. The number of hydrogen-bond donors (Lipinski definition) is 2. The third kappa shape index (κ3) is 3.59. The average molecular weight is 426 g/mol. The molecule has 2 N–H and O–H groups in total. The van der Waals surface area contributed by atoms with Crippen LogP contribution in [-0.4, -0.2) is 40.8 Å². The number of hydrogen-bond acceptors (Lipinski definition) is 7. The fraction of sp³-hybridized carbons (Fsp3) is 0.375. The van der Waals surface area contributed by atoms with E-state index in [1.54, 1.807) is 6.07 Å². The number of rotatable bonds is 7. The Balaban J connectivity index is 2.36. The molecule has 0 aliphatic heterocycles. The number of methoxy groups -OCH3 is 1. The number of ether oxygens (including phenoxy) is 1. The molecule has 7 heteroatoms. The van der Waals surface area contributed by atoms with Crippen molar-refractivity contribution in [1.82, 2.24) is 0 Å². The van der Waals surface area contributed by atoms with E-state index in [1.165, 1.54) is 20.1 Å². The Hall–Kier alpha value is -3.19. The minimum Gasteiger partial charge on any atom is -0.506 e. The second-order valence-electron chi connectivity index (χ2n) is 8.04. The molecule has 0 saturated carbocycles. The highest BCUT2D eigenvalue weighted by Crippen LogP contribution is 2.45. The summed E-state index contributed by atoms with van der Waals surface area (Å²) in [5.41, 5.74) is -1.41. The zero-order valence-corrected chi connectivity index (χ0v) is 18.2. The first kappa shape index (κ1) is 22.5. The maximum atomic E-state index is 13.2. The Morgan fingerprint density at radius 1 is 1.35 bits per heavy atom. The largest absolute Gasteiger partial charge is 0.506 e. The molecule has 1 aromatic heterocycles. The highest BCUT2D eigenvalue weighted by atomic mass is 16.5. The maximum absolute atomic E-state index is 13.2. The van der Waals surface area contributed by atoms with Crippen LogP contribution in [0.4, 0.5) is 0 Å². The van der Waals surface area contributed by atoms with Crippen molar-refractivity contribution in [1.29, 1.82) is 0 Å². The van der Waals surface area contributed by atoms with E-state index in [2.05, 4.69) is 13.8 Å². The lowest BCUT2D eigenvalue weighted by Gasteiger charge is -2.31. The van der Waals surface area contributed by atoms with Gasteiger partial charge in [-0.2, -0.15) is 0 Å². The van der Waals surface area contributed by atoms with Gasteiger partial charge in [-0.3, -0.25) is 14.4 Å². The molecule has 2 atom stereocenters. The molecule has 7 nitrogen and oxygen atoms in total. The molecule has 0 amide bonds. The Kier molecular flexibility index (Phi) is 5.91. The number of carbonyl (C=O) groups excluding carboxylic acids is 3. The van der Waals surface area contributed by atoms with Crippen LogP contribution in [0, 0.1) is 5.92 Å². The number of phenols is 1. The van der Waals surface area contributed by atoms with Gasteiger partial charge in [0.05, 0.1) is 18.2 Å². The molecule has 1 aromatic carbocycles. The fourth-order valence-electron chi connectivity index (χ4n) is 3.93. The van der Waals surface area contributed by atoms with Crippen LogP contribution in [0.25, 0.3) is 22.6 Å². The molecule has 2 aromatic rings. The van der Waals surface area contributed by atoms with E-state index in [-0.39, 0.29) is 28.0 Å². The van der Waals surface area contributed by atoms with Crippen molar-refractivity contribution >= 4 is 40.5 Å². The molecule has 0 saturated heterocycles. The lowest BCUT2D eigenvalue weighted by atomic mass is 9.78. The van der Waals surface area contributed by atoms with Gasteiger partial charge in [-0.05, 0) is 37.5 Å². The molecular formula is C24H26O7. The monoisotopic (exact) mass is 426 g/mol. The number of aliphatic hydroxyl groups is 1. The summed E-state index contributed by atoms with van der Waals surface area (Å²) < 4.78 is 11.3. The van der Waals surface area contributed by atoms with Crippen LogP contribution in [0.3, 0.4) is 0 Å². The van der Waals surface area contributed by atoms with E-state index < -0.39 is 29.3 Å². The Morgan fingerprint density at radius 3 is 2.58 bits per heavy atom. The molecule has 0 radical (unpaired) electrons. The van der Waals surface area contributed by atoms with Crippen molar-refractivity contribution < 1.29 is 33.8 Å². The molecule has 164 valence electrons. The minimum atomic E-state index is -2.28. The van der Waals surface area contributed by atoms with Gasteiger partial charge >= 0.3 is 0 Å². The Bertz CT molecular complexity index is 1150. The summed E-state index contributed by atoms with van der Waals surface area (Å²) >= 11 is 0. The first-order chi connectivity index (χ1) is 14.6. The van der Waals surface area contributed by atoms with Gasteiger partial charge in [-0.25, -0.2) is 0 Å². The van der Waals surface area contributed by atoms with E-state index >= 15 is 0 Å². The third-order valence-electron chi connectivity index (χ3n) is 5.72. The number of ketones is 2. The maximum Gasteiger partial charge on any atom is 0.207 e. The van der Waals surface area contributed by atoms with Gasteiger partial charge < -0.3 is 19.4 Å². The smallest absolute Gasteiger partial charge is 0.207 e. The molecule has 0 spiro atoms. The number of aromatic hydroxyl groups is 1. The molecule has 1 aliphatic carbocycles. The first-order valence-electron chi connectivity index (χ1n) is 10.1.